The van der Waals surface area contributed by atoms with Gasteiger partial charge >= 0.3 is 0 Å². The van der Waals surface area contributed by atoms with Crippen LogP contribution in [0.4, 0.5) is 0 Å². The Balaban J connectivity index is 1.38. The SMILES string of the molecule is c1nc(CNC2CC2)n(CCc2ccc3c(c2)CCO3)n1. The molecule has 0 spiro atoms. The molecule has 0 unspecified atom stereocenters. The lowest BCUT2D eigenvalue weighted by atomic mass is 10.1. The fraction of sp³-hybridized carbons (Fsp3) is 0.500. The van der Waals surface area contributed by atoms with Gasteiger partial charge in [0, 0.05) is 19.0 Å². The molecule has 110 valence electrons. The van der Waals surface area contributed by atoms with Gasteiger partial charge in [0.05, 0.1) is 13.2 Å². The number of rotatable bonds is 6. The van der Waals surface area contributed by atoms with Gasteiger partial charge in [0.25, 0.3) is 0 Å². The molecule has 2 heterocycles. The fourth-order valence-electron chi connectivity index (χ4n) is 2.77. The summed E-state index contributed by atoms with van der Waals surface area (Å²) in [4.78, 5) is 4.36. The van der Waals surface area contributed by atoms with Crippen molar-refractivity contribution < 1.29 is 4.74 Å². The van der Waals surface area contributed by atoms with E-state index in [2.05, 4.69) is 33.6 Å². The molecule has 21 heavy (non-hydrogen) atoms. The lowest BCUT2D eigenvalue weighted by molar-refractivity contribution is 0.357. The molecule has 2 aliphatic rings. The van der Waals surface area contributed by atoms with Crippen LogP contribution in [-0.2, 0) is 25.9 Å². The summed E-state index contributed by atoms with van der Waals surface area (Å²) in [6.07, 6.45) is 6.26. The smallest absolute Gasteiger partial charge is 0.140 e. The first-order valence-corrected chi connectivity index (χ1v) is 7.73. The van der Waals surface area contributed by atoms with Crippen LogP contribution in [0.5, 0.6) is 5.75 Å². The minimum Gasteiger partial charge on any atom is -0.493 e. The Morgan fingerprint density at radius 3 is 3.19 bits per heavy atom. The Morgan fingerprint density at radius 1 is 1.33 bits per heavy atom. The van der Waals surface area contributed by atoms with Gasteiger partial charge in [0.15, 0.2) is 0 Å². The summed E-state index contributed by atoms with van der Waals surface area (Å²) in [6.45, 7) is 2.52. The molecular weight excluding hydrogens is 264 g/mol. The molecule has 4 rings (SSSR count). The van der Waals surface area contributed by atoms with E-state index in [-0.39, 0.29) is 0 Å². The molecule has 0 atom stereocenters. The van der Waals surface area contributed by atoms with E-state index in [1.165, 1.54) is 24.0 Å². The number of ether oxygens (including phenoxy) is 1. The van der Waals surface area contributed by atoms with E-state index in [1.54, 1.807) is 6.33 Å². The van der Waals surface area contributed by atoms with Crippen molar-refractivity contribution in [3.63, 3.8) is 0 Å². The lowest BCUT2D eigenvalue weighted by Gasteiger charge is -2.08. The number of nitrogens with zero attached hydrogens (tertiary/aromatic N) is 3. The highest BCUT2D eigenvalue weighted by Gasteiger charge is 2.21. The molecule has 1 aromatic heterocycles. The van der Waals surface area contributed by atoms with Crippen molar-refractivity contribution in [2.24, 2.45) is 0 Å². The quantitative estimate of drug-likeness (QED) is 0.877. The van der Waals surface area contributed by atoms with Crippen LogP contribution < -0.4 is 10.1 Å². The first-order valence-electron chi connectivity index (χ1n) is 7.73. The van der Waals surface area contributed by atoms with Gasteiger partial charge in [-0.3, -0.25) is 0 Å². The first kappa shape index (κ1) is 12.8. The minimum absolute atomic E-state index is 0.701. The molecule has 0 radical (unpaired) electrons. The molecule has 1 saturated carbocycles. The van der Waals surface area contributed by atoms with Crippen molar-refractivity contribution in [3.8, 4) is 5.75 Å². The van der Waals surface area contributed by atoms with Gasteiger partial charge in [-0.2, -0.15) is 5.10 Å². The summed E-state index contributed by atoms with van der Waals surface area (Å²) < 4.78 is 7.56. The predicted octanol–water partition coefficient (Wildman–Crippen LogP) is 1.71. The predicted molar refractivity (Wildman–Crippen MR) is 79.2 cm³/mol. The Kier molecular flexibility index (Phi) is 3.35. The van der Waals surface area contributed by atoms with Crippen LogP contribution in [0.15, 0.2) is 24.5 Å². The van der Waals surface area contributed by atoms with Crippen molar-refractivity contribution in [1.82, 2.24) is 20.1 Å². The molecule has 0 amide bonds. The normalized spacial score (nSPS) is 16.8. The minimum atomic E-state index is 0.701. The number of hydrogen-bond donors (Lipinski definition) is 1. The van der Waals surface area contributed by atoms with Crippen molar-refractivity contribution in [2.75, 3.05) is 6.61 Å². The molecule has 2 aromatic rings. The molecule has 5 heteroatoms. The molecule has 0 saturated heterocycles. The van der Waals surface area contributed by atoms with Gasteiger partial charge in [-0.1, -0.05) is 12.1 Å². The van der Waals surface area contributed by atoms with E-state index in [1.807, 2.05) is 4.68 Å². The standard InChI is InChI=1S/C16H20N4O/c1-4-15-13(6-8-21-15)9-12(1)5-7-20-16(18-11-19-20)10-17-14-2-3-14/h1,4,9,11,14,17H,2-3,5-8,10H2. The van der Waals surface area contributed by atoms with Crippen LogP contribution in [0.1, 0.15) is 29.8 Å². The van der Waals surface area contributed by atoms with Gasteiger partial charge in [0.2, 0.25) is 0 Å². The van der Waals surface area contributed by atoms with E-state index in [9.17, 15) is 0 Å². The lowest BCUT2D eigenvalue weighted by Crippen LogP contribution is -2.19. The third kappa shape index (κ3) is 2.93. The Bertz CT molecular complexity index is 633. The number of aryl methyl sites for hydroxylation is 2. The van der Waals surface area contributed by atoms with Crippen LogP contribution in [0.3, 0.4) is 0 Å². The molecule has 1 N–H and O–H groups in total. The van der Waals surface area contributed by atoms with E-state index in [0.29, 0.717) is 6.04 Å². The van der Waals surface area contributed by atoms with Gasteiger partial charge in [-0.25, -0.2) is 9.67 Å². The highest BCUT2D eigenvalue weighted by atomic mass is 16.5. The molecule has 5 nitrogen and oxygen atoms in total. The van der Waals surface area contributed by atoms with E-state index < -0.39 is 0 Å². The zero-order valence-corrected chi connectivity index (χ0v) is 12.1. The molecule has 0 bridgehead atoms. The molecule has 1 aromatic carbocycles. The monoisotopic (exact) mass is 284 g/mol. The summed E-state index contributed by atoms with van der Waals surface area (Å²) in [5.74, 6) is 2.08. The van der Waals surface area contributed by atoms with Crippen LogP contribution in [-0.4, -0.2) is 27.4 Å². The number of fused-ring (bicyclic) bond motifs is 1. The van der Waals surface area contributed by atoms with E-state index in [4.69, 9.17) is 4.74 Å². The zero-order chi connectivity index (χ0) is 14.1. The molecule has 1 aliphatic carbocycles. The average Bonchev–Trinajstić information content (AvgIpc) is 3.04. The molecular formula is C16H20N4O. The van der Waals surface area contributed by atoms with Crippen LogP contribution in [0.2, 0.25) is 0 Å². The first-order chi connectivity index (χ1) is 10.4. The highest BCUT2D eigenvalue weighted by Crippen LogP contribution is 2.26. The molecule has 1 fully saturated rings. The maximum atomic E-state index is 5.55. The summed E-state index contributed by atoms with van der Waals surface area (Å²) in [5.41, 5.74) is 2.68. The third-order valence-electron chi connectivity index (χ3n) is 4.19. The van der Waals surface area contributed by atoms with Crippen LogP contribution >= 0.6 is 0 Å². The van der Waals surface area contributed by atoms with Crippen molar-refractivity contribution in [3.05, 3.63) is 41.5 Å². The third-order valence-corrected chi connectivity index (χ3v) is 4.19. The largest absolute Gasteiger partial charge is 0.493 e. The van der Waals surface area contributed by atoms with Crippen LogP contribution in [0.25, 0.3) is 0 Å². The average molecular weight is 284 g/mol. The summed E-state index contributed by atoms with van der Waals surface area (Å²) in [6, 6.07) is 7.21. The number of hydrogen-bond acceptors (Lipinski definition) is 4. The number of nitrogens with one attached hydrogen (secondary N) is 1. The summed E-state index contributed by atoms with van der Waals surface area (Å²) in [5, 5.41) is 7.83. The van der Waals surface area contributed by atoms with Crippen LogP contribution in [0, 0.1) is 0 Å². The second-order valence-corrected chi connectivity index (χ2v) is 5.85. The Labute approximate surface area is 124 Å². The maximum absolute atomic E-state index is 5.55. The summed E-state index contributed by atoms with van der Waals surface area (Å²) in [7, 11) is 0. The topological polar surface area (TPSA) is 52.0 Å². The van der Waals surface area contributed by atoms with E-state index in [0.717, 1.165) is 44.1 Å². The Morgan fingerprint density at radius 2 is 2.29 bits per heavy atom. The number of aromatic nitrogens is 3. The van der Waals surface area contributed by atoms with Gasteiger partial charge in [-0.15, -0.1) is 0 Å². The van der Waals surface area contributed by atoms with E-state index >= 15 is 0 Å². The van der Waals surface area contributed by atoms with Gasteiger partial charge in [0.1, 0.15) is 17.9 Å². The zero-order valence-electron chi connectivity index (χ0n) is 12.1. The number of benzene rings is 1. The second-order valence-electron chi connectivity index (χ2n) is 5.85. The summed E-state index contributed by atoms with van der Waals surface area (Å²) >= 11 is 0. The maximum Gasteiger partial charge on any atom is 0.140 e. The van der Waals surface area contributed by atoms with Crippen molar-refractivity contribution in [1.29, 1.82) is 0 Å². The second kappa shape index (κ2) is 5.48. The Hall–Kier alpha value is -1.88. The van der Waals surface area contributed by atoms with Gasteiger partial charge < -0.3 is 10.1 Å². The fourth-order valence-corrected chi connectivity index (χ4v) is 2.77. The van der Waals surface area contributed by atoms with Crippen molar-refractivity contribution >= 4 is 0 Å². The van der Waals surface area contributed by atoms with Gasteiger partial charge in [-0.05, 0) is 36.5 Å². The molecule has 1 aliphatic heterocycles. The highest BCUT2D eigenvalue weighted by molar-refractivity contribution is 5.39. The van der Waals surface area contributed by atoms with Crippen molar-refractivity contribution in [2.45, 2.75) is 44.8 Å².